The molecule has 0 unspecified atom stereocenters. The number of carbonyl (C=O) groups is 2. The molecule has 0 radical (unpaired) electrons. The zero-order valence-corrected chi connectivity index (χ0v) is 18.2. The van der Waals surface area contributed by atoms with Gasteiger partial charge in [0.2, 0.25) is 0 Å². The smallest absolute Gasteiger partial charge is 0.409 e. The van der Waals surface area contributed by atoms with Gasteiger partial charge in [-0.05, 0) is 73.0 Å². The Labute approximate surface area is 191 Å². The van der Waals surface area contributed by atoms with Gasteiger partial charge in [0.05, 0.1) is 5.52 Å². The van der Waals surface area contributed by atoms with Crippen LogP contribution in [0.5, 0.6) is 0 Å². The van der Waals surface area contributed by atoms with Crippen LogP contribution in [-0.4, -0.2) is 41.3 Å². The average Bonchev–Trinajstić information content (AvgIpc) is 3.21. The maximum Gasteiger partial charge on any atom is 0.409 e. The molecule has 4 aromatic rings. The van der Waals surface area contributed by atoms with E-state index in [1.165, 1.54) is 0 Å². The number of piperidine rings is 1. The summed E-state index contributed by atoms with van der Waals surface area (Å²) in [4.78, 5) is 24.5. The Balaban J connectivity index is 1.57. The van der Waals surface area contributed by atoms with Gasteiger partial charge in [-0.3, -0.25) is 10.1 Å². The van der Waals surface area contributed by atoms with Crippen LogP contribution in [0.1, 0.15) is 23.3 Å². The van der Waals surface area contributed by atoms with Crippen molar-refractivity contribution >= 4 is 39.4 Å². The lowest BCUT2D eigenvalue weighted by atomic mass is 9.98. The second-order valence-corrected chi connectivity index (χ2v) is 8.50. The maximum atomic E-state index is 13.3. The fourth-order valence-electron chi connectivity index (χ4n) is 4.58. The lowest BCUT2D eigenvalue weighted by Gasteiger charge is -2.23. The second-order valence-electron chi connectivity index (χ2n) is 8.50. The molecule has 7 heteroatoms. The van der Waals surface area contributed by atoms with Gasteiger partial charge < -0.3 is 20.3 Å². The Hall–Kier alpha value is -3.84. The van der Waals surface area contributed by atoms with E-state index in [9.17, 15) is 9.59 Å². The molecule has 1 aliphatic rings. The number of benzene rings is 3. The Bertz CT molecular complexity index is 1340. The molecule has 0 aliphatic carbocycles. The number of fused-ring (bicyclic) bond motifs is 2. The molecular weight excluding hydrogens is 416 g/mol. The minimum absolute atomic E-state index is 0.134. The van der Waals surface area contributed by atoms with Gasteiger partial charge in [-0.15, -0.1) is 0 Å². The molecule has 4 N–H and O–H groups in total. The van der Waals surface area contributed by atoms with Crippen molar-refractivity contribution in [2.24, 2.45) is 5.92 Å². The summed E-state index contributed by atoms with van der Waals surface area (Å²) in [5.41, 5.74) is 2.60. The van der Waals surface area contributed by atoms with Gasteiger partial charge in [0.1, 0.15) is 5.69 Å². The predicted octanol–water partition coefficient (Wildman–Crippen LogP) is 4.60. The number of nitrogens with one attached hydrogen (secondary N) is 3. The van der Waals surface area contributed by atoms with Gasteiger partial charge in [0.15, 0.2) is 0 Å². The molecule has 33 heavy (non-hydrogen) atoms. The number of aromatic nitrogens is 1. The van der Waals surface area contributed by atoms with Crippen molar-refractivity contribution in [1.82, 2.24) is 15.2 Å². The third-order valence-corrected chi connectivity index (χ3v) is 6.29. The zero-order chi connectivity index (χ0) is 22.8. The normalized spacial score (nSPS) is 14.4. The standard InChI is InChI=1S/C26H26N4O3/c31-25(28-16-17-9-11-27-12-10-17)24-14-20-5-7-21(29-26(32)33)15-23(20)30(24)22-8-6-18-3-1-2-4-19(18)13-22/h1-8,13-15,17,27,29H,9-12,16H2,(H,28,31)(H,32,33). The van der Waals surface area contributed by atoms with Crippen LogP contribution < -0.4 is 16.0 Å². The van der Waals surface area contributed by atoms with E-state index in [-0.39, 0.29) is 5.91 Å². The van der Waals surface area contributed by atoms with E-state index in [0.29, 0.717) is 23.8 Å². The van der Waals surface area contributed by atoms with E-state index in [1.807, 2.05) is 47.0 Å². The lowest BCUT2D eigenvalue weighted by molar-refractivity contribution is 0.0937. The van der Waals surface area contributed by atoms with Crippen LogP contribution in [0.15, 0.2) is 66.7 Å². The number of nitrogens with zero attached hydrogens (tertiary/aromatic N) is 1. The number of hydrogen-bond acceptors (Lipinski definition) is 3. The van der Waals surface area contributed by atoms with Crippen LogP contribution in [0.25, 0.3) is 27.4 Å². The van der Waals surface area contributed by atoms with Gasteiger partial charge in [-0.1, -0.05) is 36.4 Å². The molecule has 2 amide bonds. The SMILES string of the molecule is O=C(O)Nc1ccc2cc(C(=O)NCC3CCNCC3)n(-c3ccc4ccccc4c3)c2c1. The molecule has 2 heterocycles. The number of hydrogen-bond donors (Lipinski definition) is 4. The highest BCUT2D eigenvalue weighted by Crippen LogP contribution is 2.29. The van der Waals surface area contributed by atoms with E-state index in [1.54, 1.807) is 12.1 Å². The molecule has 5 rings (SSSR count). The predicted molar refractivity (Wildman–Crippen MR) is 130 cm³/mol. The van der Waals surface area contributed by atoms with E-state index in [2.05, 4.69) is 28.1 Å². The van der Waals surface area contributed by atoms with Crippen LogP contribution in [0.4, 0.5) is 10.5 Å². The number of carbonyl (C=O) groups excluding carboxylic acids is 1. The van der Waals surface area contributed by atoms with Crippen molar-refractivity contribution in [2.45, 2.75) is 12.8 Å². The molecule has 0 bridgehead atoms. The third kappa shape index (κ3) is 4.40. The van der Waals surface area contributed by atoms with Gasteiger partial charge in [-0.2, -0.15) is 0 Å². The molecular formula is C26H26N4O3. The van der Waals surface area contributed by atoms with Gasteiger partial charge in [0, 0.05) is 23.3 Å². The van der Waals surface area contributed by atoms with E-state index in [0.717, 1.165) is 53.3 Å². The summed E-state index contributed by atoms with van der Waals surface area (Å²) < 4.78 is 1.91. The van der Waals surface area contributed by atoms with Crippen LogP contribution in [0.2, 0.25) is 0 Å². The highest BCUT2D eigenvalue weighted by Gasteiger charge is 2.20. The van der Waals surface area contributed by atoms with Crippen molar-refractivity contribution < 1.29 is 14.7 Å². The van der Waals surface area contributed by atoms with Crippen molar-refractivity contribution in [2.75, 3.05) is 25.0 Å². The molecule has 0 saturated carbocycles. The van der Waals surface area contributed by atoms with Crippen LogP contribution in [-0.2, 0) is 0 Å². The molecule has 1 fully saturated rings. The molecule has 168 valence electrons. The largest absolute Gasteiger partial charge is 0.465 e. The number of amides is 2. The molecule has 1 aromatic heterocycles. The fraction of sp³-hybridized carbons (Fsp3) is 0.231. The Kier molecular flexibility index (Phi) is 5.71. The molecule has 3 aromatic carbocycles. The minimum atomic E-state index is -1.13. The minimum Gasteiger partial charge on any atom is -0.465 e. The van der Waals surface area contributed by atoms with Crippen molar-refractivity contribution in [1.29, 1.82) is 0 Å². The van der Waals surface area contributed by atoms with Gasteiger partial charge in [-0.25, -0.2) is 4.79 Å². The monoisotopic (exact) mass is 442 g/mol. The van der Waals surface area contributed by atoms with Crippen LogP contribution in [0, 0.1) is 5.92 Å². The summed E-state index contributed by atoms with van der Waals surface area (Å²) in [6.45, 7) is 2.61. The highest BCUT2D eigenvalue weighted by molar-refractivity contribution is 6.01. The van der Waals surface area contributed by atoms with E-state index in [4.69, 9.17) is 5.11 Å². The fourth-order valence-corrected chi connectivity index (χ4v) is 4.58. The van der Waals surface area contributed by atoms with Crippen molar-refractivity contribution in [3.05, 3.63) is 72.4 Å². The molecule has 0 spiro atoms. The van der Waals surface area contributed by atoms with E-state index >= 15 is 0 Å². The quantitative estimate of drug-likeness (QED) is 0.363. The van der Waals surface area contributed by atoms with Crippen molar-refractivity contribution in [3.8, 4) is 5.69 Å². The van der Waals surface area contributed by atoms with Gasteiger partial charge >= 0.3 is 6.09 Å². The third-order valence-electron chi connectivity index (χ3n) is 6.29. The summed E-state index contributed by atoms with van der Waals surface area (Å²) in [6, 6.07) is 21.3. The summed E-state index contributed by atoms with van der Waals surface area (Å²) in [6.07, 6.45) is 0.981. The lowest BCUT2D eigenvalue weighted by Crippen LogP contribution is -2.36. The number of carboxylic acid groups (broad SMARTS) is 1. The average molecular weight is 443 g/mol. The van der Waals surface area contributed by atoms with E-state index < -0.39 is 6.09 Å². The maximum absolute atomic E-state index is 13.3. The molecule has 7 nitrogen and oxygen atoms in total. The summed E-state index contributed by atoms with van der Waals surface area (Å²) in [5.74, 6) is 0.339. The first-order valence-corrected chi connectivity index (χ1v) is 11.2. The molecule has 1 aliphatic heterocycles. The number of rotatable bonds is 5. The first kappa shape index (κ1) is 21.0. The summed E-state index contributed by atoms with van der Waals surface area (Å²) in [5, 5.41) is 21.1. The van der Waals surface area contributed by atoms with Gasteiger partial charge in [0.25, 0.3) is 5.91 Å². The Morgan fingerprint density at radius 1 is 0.939 bits per heavy atom. The number of anilines is 1. The first-order chi connectivity index (χ1) is 16.1. The Morgan fingerprint density at radius 3 is 2.48 bits per heavy atom. The summed E-state index contributed by atoms with van der Waals surface area (Å²) in [7, 11) is 0. The molecule has 0 atom stereocenters. The first-order valence-electron chi connectivity index (χ1n) is 11.2. The summed E-state index contributed by atoms with van der Waals surface area (Å²) >= 11 is 0. The van der Waals surface area contributed by atoms with Crippen LogP contribution in [0.3, 0.4) is 0 Å². The topological polar surface area (TPSA) is 95.4 Å². The highest BCUT2D eigenvalue weighted by atomic mass is 16.4. The molecule has 1 saturated heterocycles. The zero-order valence-electron chi connectivity index (χ0n) is 18.2. The second kappa shape index (κ2) is 8.96. The van der Waals surface area contributed by atoms with Crippen LogP contribution >= 0.6 is 0 Å². The van der Waals surface area contributed by atoms with Crippen molar-refractivity contribution in [3.63, 3.8) is 0 Å². The Morgan fingerprint density at radius 2 is 1.70 bits per heavy atom.